The number of carbonyl (C=O) groups excluding carboxylic acids is 2. The van der Waals surface area contributed by atoms with Crippen LogP contribution >= 0.6 is 23.4 Å². The highest BCUT2D eigenvalue weighted by Gasteiger charge is 2.12. The van der Waals surface area contributed by atoms with Gasteiger partial charge in [0.05, 0.1) is 0 Å². The van der Waals surface area contributed by atoms with E-state index in [1.165, 1.54) is 0 Å². The first-order valence-electron chi connectivity index (χ1n) is 7.90. The number of rotatable bonds is 7. The van der Waals surface area contributed by atoms with Crippen molar-refractivity contribution in [1.82, 2.24) is 0 Å². The zero-order chi connectivity index (χ0) is 19.8. The van der Waals surface area contributed by atoms with Gasteiger partial charge in [-0.15, -0.1) is 0 Å². The van der Waals surface area contributed by atoms with Crippen LogP contribution in [0.2, 0.25) is 5.02 Å². The number of halogens is 1. The number of hydrogen-bond donors (Lipinski definition) is 1. The van der Waals surface area contributed by atoms with Crippen LogP contribution < -0.4 is 10.1 Å². The molecule has 0 aliphatic heterocycles. The van der Waals surface area contributed by atoms with Crippen LogP contribution in [0.3, 0.4) is 0 Å². The number of esters is 1. The molecule has 0 radical (unpaired) electrons. The lowest BCUT2D eigenvalue weighted by atomic mass is 10.1. The summed E-state index contributed by atoms with van der Waals surface area (Å²) in [6, 6.07) is 10.2. The first-order chi connectivity index (χ1) is 12.9. The van der Waals surface area contributed by atoms with Gasteiger partial charge < -0.3 is 14.8 Å². The molecule has 2 rings (SSSR count). The van der Waals surface area contributed by atoms with Gasteiger partial charge in [-0.3, -0.25) is 4.79 Å². The number of nitrogens with one attached hydrogen (secondary N) is 1. The predicted octanol–water partition coefficient (Wildman–Crippen LogP) is 4.09. The van der Waals surface area contributed by atoms with Gasteiger partial charge >= 0.3 is 5.97 Å². The van der Waals surface area contributed by atoms with Crippen LogP contribution in [0.1, 0.15) is 11.1 Å². The van der Waals surface area contributed by atoms with E-state index >= 15 is 0 Å². The molecule has 0 aromatic heterocycles. The fourth-order valence-corrected chi connectivity index (χ4v) is 3.05. The van der Waals surface area contributed by atoms with E-state index in [9.17, 15) is 9.59 Å². The van der Waals surface area contributed by atoms with E-state index in [-0.39, 0.29) is 6.61 Å². The van der Waals surface area contributed by atoms with Crippen LogP contribution in [0.5, 0.6) is 5.75 Å². The van der Waals surface area contributed by atoms with Gasteiger partial charge in [-0.05, 0) is 67.1 Å². The smallest absolute Gasteiger partial charge is 0.344 e. The molecular weight excluding hydrogens is 388 g/mol. The fourth-order valence-electron chi connectivity index (χ4n) is 2.29. The highest BCUT2D eigenvalue weighted by Crippen LogP contribution is 2.27. The predicted molar refractivity (Wildman–Crippen MR) is 104 cm³/mol. The van der Waals surface area contributed by atoms with Gasteiger partial charge in [-0.1, -0.05) is 17.7 Å². The molecular formula is C19H17ClN2O4S. The molecule has 0 fully saturated rings. The van der Waals surface area contributed by atoms with Crippen molar-refractivity contribution in [2.75, 3.05) is 18.5 Å². The molecule has 140 valence electrons. The van der Waals surface area contributed by atoms with Crippen molar-refractivity contribution >= 4 is 40.9 Å². The Morgan fingerprint density at radius 1 is 1.19 bits per heavy atom. The number of thioether (sulfide) groups is 1. The lowest BCUT2D eigenvalue weighted by molar-refractivity contribution is -0.149. The first-order valence-corrected chi connectivity index (χ1v) is 9.09. The summed E-state index contributed by atoms with van der Waals surface area (Å²) in [6.45, 7) is 2.90. The molecule has 2 aromatic carbocycles. The van der Waals surface area contributed by atoms with Crippen LogP contribution in [-0.4, -0.2) is 25.1 Å². The summed E-state index contributed by atoms with van der Waals surface area (Å²) in [7, 11) is 0. The van der Waals surface area contributed by atoms with Crippen molar-refractivity contribution in [2.24, 2.45) is 0 Å². The number of carbonyl (C=O) groups is 2. The summed E-state index contributed by atoms with van der Waals surface area (Å²) in [5, 5.41) is 14.0. The quantitative estimate of drug-likeness (QED) is 0.424. The van der Waals surface area contributed by atoms with Crippen LogP contribution in [0.25, 0.3) is 0 Å². The number of anilines is 1. The minimum atomic E-state index is -0.667. The molecule has 1 amide bonds. The van der Waals surface area contributed by atoms with E-state index in [0.29, 0.717) is 16.5 Å². The monoisotopic (exact) mass is 404 g/mol. The SMILES string of the molecule is Cc1cc(SC#N)cc(C)c1NC(=O)COC(=O)COc1cccc(Cl)c1. The average Bonchev–Trinajstić information content (AvgIpc) is 2.61. The number of nitriles is 1. The van der Waals surface area contributed by atoms with E-state index in [2.05, 4.69) is 5.32 Å². The van der Waals surface area contributed by atoms with E-state index in [1.54, 1.807) is 36.4 Å². The van der Waals surface area contributed by atoms with E-state index in [0.717, 1.165) is 27.8 Å². The normalized spacial score (nSPS) is 10.0. The van der Waals surface area contributed by atoms with Crippen LogP contribution in [0.4, 0.5) is 5.69 Å². The maximum Gasteiger partial charge on any atom is 0.344 e. The van der Waals surface area contributed by atoms with E-state index < -0.39 is 18.5 Å². The summed E-state index contributed by atoms with van der Waals surface area (Å²) in [5.74, 6) is -0.692. The highest BCUT2D eigenvalue weighted by atomic mass is 35.5. The molecule has 0 aliphatic rings. The molecule has 1 N–H and O–H groups in total. The van der Waals surface area contributed by atoms with Crippen LogP contribution in [0, 0.1) is 24.5 Å². The number of aryl methyl sites for hydroxylation is 2. The van der Waals surface area contributed by atoms with Crippen molar-refractivity contribution in [1.29, 1.82) is 5.26 Å². The Hall–Kier alpha value is -2.69. The number of benzene rings is 2. The van der Waals surface area contributed by atoms with Gasteiger partial charge in [-0.25, -0.2) is 4.79 Å². The van der Waals surface area contributed by atoms with Crippen molar-refractivity contribution in [2.45, 2.75) is 18.7 Å². The number of ether oxygens (including phenoxy) is 2. The molecule has 0 bridgehead atoms. The standard InChI is InChI=1S/C19H17ClN2O4S/c1-12-6-16(27-11-21)7-13(2)19(12)22-17(23)9-26-18(24)10-25-15-5-3-4-14(20)8-15/h3-8H,9-10H2,1-2H3,(H,22,23). The Labute approximate surface area is 166 Å². The highest BCUT2D eigenvalue weighted by molar-refractivity contribution is 8.03. The van der Waals surface area contributed by atoms with E-state index in [4.69, 9.17) is 26.3 Å². The molecule has 0 aliphatic carbocycles. The van der Waals surface area contributed by atoms with Crippen LogP contribution in [0.15, 0.2) is 41.3 Å². The van der Waals surface area contributed by atoms with Crippen molar-refractivity contribution < 1.29 is 19.1 Å². The minimum absolute atomic E-state index is 0.328. The maximum absolute atomic E-state index is 12.0. The average molecular weight is 405 g/mol. The van der Waals surface area contributed by atoms with Gasteiger partial charge in [0, 0.05) is 15.6 Å². The van der Waals surface area contributed by atoms with Crippen LogP contribution in [-0.2, 0) is 14.3 Å². The molecule has 27 heavy (non-hydrogen) atoms. The Morgan fingerprint density at radius 2 is 1.89 bits per heavy atom. The third kappa shape index (κ3) is 6.51. The second-order valence-corrected chi connectivity index (χ2v) is 6.87. The molecule has 0 saturated carbocycles. The van der Waals surface area contributed by atoms with Gasteiger partial charge in [0.25, 0.3) is 5.91 Å². The largest absolute Gasteiger partial charge is 0.482 e. The summed E-state index contributed by atoms with van der Waals surface area (Å²) in [6.07, 6.45) is 0. The molecule has 0 saturated heterocycles. The lowest BCUT2D eigenvalue weighted by Crippen LogP contribution is -2.24. The molecule has 0 spiro atoms. The first kappa shape index (κ1) is 20.6. The molecule has 0 atom stereocenters. The number of nitrogens with zero attached hydrogens (tertiary/aromatic N) is 1. The van der Waals surface area contributed by atoms with Gasteiger partial charge in [0.15, 0.2) is 13.2 Å². The number of hydrogen-bond acceptors (Lipinski definition) is 6. The van der Waals surface area contributed by atoms with Gasteiger partial charge in [0.1, 0.15) is 11.2 Å². The fraction of sp³-hybridized carbons (Fsp3) is 0.211. The Kier molecular flexibility index (Phi) is 7.53. The maximum atomic E-state index is 12.0. The molecule has 0 heterocycles. The molecule has 0 unspecified atom stereocenters. The zero-order valence-corrected chi connectivity index (χ0v) is 16.3. The van der Waals surface area contributed by atoms with Crippen molar-refractivity contribution in [3.05, 3.63) is 52.5 Å². The third-order valence-electron chi connectivity index (χ3n) is 3.45. The zero-order valence-electron chi connectivity index (χ0n) is 14.7. The second kappa shape index (κ2) is 9.86. The Bertz CT molecular complexity index is 873. The summed E-state index contributed by atoms with van der Waals surface area (Å²) >= 11 is 6.88. The summed E-state index contributed by atoms with van der Waals surface area (Å²) in [4.78, 5) is 24.6. The number of amides is 1. The third-order valence-corrected chi connectivity index (χ3v) is 4.25. The van der Waals surface area contributed by atoms with Gasteiger partial charge in [0.2, 0.25) is 0 Å². The summed E-state index contributed by atoms with van der Waals surface area (Å²) < 4.78 is 10.2. The molecule has 2 aromatic rings. The Balaban J connectivity index is 1.84. The number of thiocyanates is 1. The van der Waals surface area contributed by atoms with E-state index in [1.807, 2.05) is 19.2 Å². The Morgan fingerprint density at radius 3 is 2.52 bits per heavy atom. The lowest BCUT2D eigenvalue weighted by Gasteiger charge is -2.13. The topological polar surface area (TPSA) is 88.4 Å². The summed E-state index contributed by atoms with van der Waals surface area (Å²) in [5.41, 5.74) is 2.27. The second-order valence-electron chi connectivity index (χ2n) is 5.58. The van der Waals surface area contributed by atoms with Crippen molar-refractivity contribution in [3.63, 3.8) is 0 Å². The van der Waals surface area contributed by atoms with Crippen molar-refractivity contribution in [3.8, 4) is 11.2 Å². The van der Waals surface area contributed by atoms with Gasteiger partial charge in [-0.2, -0.15) is 5.26 Å². The molecule has 6 nitrogen and oxygen atoms in total. The minimum Gasteiger partial charge on any atom is -0.482 e. The molecule has 8 heteroatoms.